The first-order valence-electron chi connectivity index (χ1n) is 13.2. The van der Waals surface area contributed by atoms with Gasteiger partial charge in [-0.25, -0.2) is 9.79 Å². The van der Waals surface area contributed by atoms with Gasteiger partial charge >= 0.3 is 5.97 Å². The number of aryl methyl sites for hydroxylation is 1. The first-order valence-corrected chi connectivity index (χ1v) is 14.7. The lowest BCUT2D eigenvalue weighted by Gasteiger charge is -2.26. The van der Waals surface area contributed by atoms with Crippen LogP contribution >= 0.6 is 34.5 Å². The van der Waals surface area contributed by atoms with E-state index in [0.29, 0.717) is 42.1 Å². The Hall–Kier alpha value is -3.79. The van der Waals surface area contributed by atoms with Gasteiger partial charge in [-0.15, -0.1) is 0 Å². The number of benzene rings is 2. The first-order chi connectivity index (χ1) is 20.1. The van der Waals surface area contributed by atoms with Gasteiger partial charge in [0.1, 0.15) is 17.5 Å². The number of nitrogens with zero attached hydrogens (tertiary/aromatic N) is 3. The zero-order valence-corrected chi connectivity index (χ0v) is 26.3. The minimum absolute atomic E-state index is 0.177. The minimum atomic E-state index is -0.837. The minimum Gasteiger partial charge on any atom is -0.497 e. The van der Waals surface area contributed by atoms with E-state index in [1.54, 1.807) is 52.3 Å². The fourth-order valence-electron chi connectivity index (χ4n) is 5.24. The van der Waals surface area contributed by atoms with Crippen LogP contribution in [0.5, 0.6) is 11.5 Å². The van der Waals surface area contributed by atoms with Gasteiger partial charge in [0.25, 0.3) is 5.56 Å². The Labute approximate surface area is 256 Å². The molecule has 0 unspecified atom stereocenters. The number of thiazole rings is 1. The summed E-state index contributed by atoms with van der Waals surface area (Å²) >= 11 is 13.7. The van der Waals surface area contributed by atoms with Crippen LogP contribution in [0.25, 0.3) is 11.8 Å². The summed E-state index contributed by atoms with van der Waals surface area (Å²) in [6, 6.07) is 11.9. The molecule has 8 nitrogen and oxygen atoms in total. The molecule has 1 atom stereocenters. The zero-order chi connectivity index (χ0) is 30.3. The smallest absolute Gasteiger partial charge is 0.338 e. The molecule has 0 fully saturated rings. The van der Waals surface area contributed by atoms with Crippen molar-refractivity contribution < 1.29 is 19.0 Å². The summed E-state index contributed by atoms with van der Waals surface area (Å²) in [7, 11) is 3.10. The lowest BCUT2D eigenvalue weighted by molar-refractivity contribution is -0.139. The fraction of sp³-hybridized carbons (Fsp3) is 0.258. The average Bonchev–Trinajstić information content (AvgIpc) is 3.42. The summed E-state index contributed by atoms with van der Waals surface area (Å²) in [6.07, 6.45) is 1.85. The number of fused-ring (bicyclic) bond motifs is 1. The summed E-state index contributed by atoms with van der Waals surface area (Å²) in [5.74, 6) is 0.505. The number of carbonyl (C=O) groups excluding carboxylic acids is 1. The molecule has 3 heterocycles. The number of carbonyl (C=O) groups is 1. The summed E-state index contributed by atoms with van der Waals surface area (Å²) < 4.78 is 20.6. The fourth-order valence-corrected chi connectivity index (χ4v) is 6.57. The molecule has 0 saturated carbocycles. The molecule has 0 spiro atoms. The molecule has 5 rings (SSSR count). The molecule has 218 valence electrons. The Morgan fingerprint density at radius 2 is 1.81 bits per heavy atom. The van der Waals surface area contributed by atoms with Crippen LogP contribution in [-0.2, 0) is 9.53 Å². The lowest BCUT2D eigenvalue weighted by atomic mass is 9.94. The summed E-state index contributed by atoms with van der Waals surface area (Å²) in [4.78, 5) is 32.6. The molecule has 42 heavy (non-hydrogen) atoms. The van der Waals surface area contributed by atoms with Gasteiger partial charge in [0.2, 0.25) is 0 Å². The maximum atomic E-state index is 14.1. The van der Waals surface area contributed by atoms with E-state index in [4.69, 9.17) is 37.4 Å². The molecule has 0 bridgehead atoms. The maximum Gasteiger partial charge on any atom is 0.338 e. The van der Waals surface area contributed by atoms with E-state index in [1.807, 2.05) is 38.1 Å². The van der Waals surface area contributed by atoms with Crippen molar-refractivity contribution in [3.8, 4) is 17.2 Å². The molecule has 0 radical (unpaired) electrons. The van der Waals surface area contributed by atoms with Crippen LogP contribution in [-0.4, -0.2) is 35.9 Å². The van der Waals surface area contributed by atoms with Crippen LogP contribution < -0.4 is 24.4 Å². The third kappa shape index (κ3) is 5.17. The van der Waals surface area contributed by atoms with Gasteiger partial charge in [0.05, 0.1) is 46.7 Å². The number of halogens is 2. The van der Waals surface area contributed by atoms with Gasteiger partial charge < -0.3 is 18.8 Å². The predicted molar refractivity (Wildman–Crippen MR) is 165 cm³/mol. The van der Waals surface area contributed by atoms with Crippen LogP contribution in [0, 0.1) is 13.8 Å². The van der Waals surface area contributed by atoms with Crippen molar-refractivity contribution in [1.29, 1.82) is 0 Å². The Morgan fingerprint density at radius 1 is 1.05 bits per heavy atom. The number of aromatic nitrogens is 2. The summed E-state index contributed by atoms with van der Waals surface area (Å²) in [5.41, 5.74) is 4.63. The largest absolute Gasteiger partial charge is 0.497 e. The molecule has 0 aliphatic carbocycles. The van der Waals surface area contributed by atoms with Crippen LogP contribution in [0.3, 0.4) is 0 Å². The normalized spacial score (nSPS) is 15.0. The van der Waals surface area contributed by atoms with Crippen LogP contribution in [0.4, 0.5) is 0 Å². The van der Waals surface area contributed by atoms with Gasteiger partial charge in [0.15, 0.2) is 4.80 Å². The van der Waals surface area contributed by atoms with Gasteiger partial charge in [-0.1, -0.05) is 34.5 Å². The van der Waals surface area contributed by atoms with Crippen molar-refractivity contribution in [2.24, 2.45) is 4.99 Å². The van der Waals surface area contributed by atoms with Crippen LogP contribution in [0.1, 0.15) is 42.4 Å². The highest BCUT2D eigenvalue weighted by Crippen LogP contribution is 2.38. The van der Waals surface area contributed by atoms with E-state index >= 15 is 0 Å². The summed E-state index contributed by atoms with van der Waals surface area (Å²) in [6.45, 7) is 7.62. The molecule has 1 aliphatic rings. The van der Waals surface area contributed by atoms with E-state index in [-0.39, 0.29) is 17.7 Å². The topological polar surface area (TPSA) is 84.1 Å². The third-order valence-electron chi connectivity index (χ3n) is 7.17. The highest BCUT2D eigenvalue weighted by Gasteiger charge is 2.35. The molecule has 4 aromatic rings. The highest BCUT2D eigenvalue weighted by atomic mass is 35.5. The SMILES string of the molecule is CCOC(=O)C1=C(C)N=c2s/c(=C/c3cc(C)n(-c4ccc(Cl)c(Cl)c4)c3C)c(=O)n2[C@H]1c1cc(OC)ccc1OC. The number of hydrogen-bond acceptors (Lipinski definition) is 7. The Balaban J connectivity index is 1.73. The molecule has 0 amide bonds. The molecule has 1 aliphatic heterocycles. The molecule has 2 aromatic carbocycles. The number of methoxy groups -OCH3 is 2. The molecular formula is C31H29Cl2N3O5S. The number of allylic oxidation sites excluding steroid dienone is 1. The van der Waals surface area contributed by atoms with Gasteiger partial charge in [-0.2, -0.15) is 0 Å². The van der Waals surface area contributed by atoms with Crippen molar-refractivity contribution >= 4 is 46.6 Å². The number of ether oxygens (including phenoxy) is 3. The second-order valence-corrected chi connectivity index (χ2v) is 11.5. The van der Waals surface area contributed by atoms with Crippen molar-refractivity contribution in [2.75, 3.05) is 20.8 Å². The number of rotatable bonds is 7. The quantitative estimate of drug-likeness (QED) is 0.252. The molecule has 0 N–H and O–H groups in total. The highest BCUT2D eigenvalue weighted by molar-refractivity contribution is 7.07. The Morgan fingerprint density at radius 3 is 2.48 bits per heavy atom. The van der Waals surface area contributed by atoms with Crippen molar-refractivity contribution in [2.45, 2.75) is 33.7 Å². The predicted octanol–water partition coefficient (Wildman–Crippen LogP) is 5.53. The van der Waals surface area contributed by atoms with Crippen LogP contribution in [0.2, 0.25) is 10.0 Å². The van der Waals surface area contributed by atoms with E-state index in [2.05, 4.69) is 9.56 Å². The standard InChI is InChI=1S/C31H29Cl2N3O5S/c1-7-41-30(38)27-17(3)34-31-36(28(27)22-15-21(39-5)9-11-25(22)40-6)29(37)26(42-31)13-19-12-16(2)35(18(19)4)20-8-10-23(32)24(33)14-20/h8-15,28H,7H2,1-6H3/b26-13+/t28-/m0/s1. The van der Waals surface area contributed by atoms with Crippen molar-refractivity contribution in [1.82, 2.24) is 9.13 Å². The Bertz CT molecular complexity index is 1940. The second-order valence-electron chi connectivity index (χ2n) is 9.67. The molecular weight excluding hydrogens is 597 g/mol. The third-order valence-corrected chi connectivity index (χ3v) is 8.89. The van der Waals surface area contributed by atoms with Crippen molar-refractivity contribution in [3.63, 3.8) is 0 Å². The van der Waals surface area contributed by atoms with Gasteiger partial charge in [-0.3, -0.25) is 9.36 Å². The van der Waals surface area contributed by atoms with E-state index in [1.165, 1.54) is 15.9 Å². The number of hydrogen-bond donors (Lipinski definition) is 0. The number of esters is 1. The van der Waals surface area contributed by atoms with Crippen LogP contribution in [0.15, 0.2) is 63.5 Å². The zero-order valence-electron chi connectivity index (χ0n) is 24.0. The molecule has 0 saturated heterocycles. The van der Waals surface area contributed by atoms with Gasteiger partial charge in [0, 0.05) is 22.6 Å². The van der Waals surface area contributed by atoms with E-state index in [0.717, 1.165) is 22.6 Å². The molecule has 2 aromatic heterocycles. The summed E-state index contributed by atoms with van der Waals surface area (Å²) in [5, 5.41) is 0.932. The Kier molecular flexibility index (Phi) is 8.37. The van der Waals surface area contributed by atoms with E-state index in [9.17, 15) is 9.59 Å². The maximum absolute atomic E-state index is 14.1. The monoisotopic (exact) mass is 625 g/mol. The second kappa shape index (κ2) is 11.8. The van der Waals surface area contributed by atoms with E-state index < -0.39 is 12.0 Å². The molecule has 11 heteroatoms. The first kappa shape index (κ1) is 29.7. The van der Waals surface area contributed by atoms with Gasteiger partial charge in [-0.05, 0) is 81.8 Å². The van der Waals surface area contributed by atoms with Crippen molar-refractivity contribution in [3.05, 3.63) is 106 Å². The lowest BCUT2D eigenvalue weighted by Crippen LogP contribution is -2.40. The average molecular weight is 627 g/mol.